The molecule has 1 saturated heterocycles. The van der Waals surface area contributed by atoms with Crippen LogP contribution in [0.3, 0.4) is 0 Å². The Morgan fingerprint density at radius 1 is 1.11 bits per heavy atom. The normalized spacial score (nSPS) is 17.0. The van der Waals surface area contributed by atoms with E-state index in [2.05, 4.69) is 4.90 Å². The van der Waals surface area contributed by atoms with Crippen LogP contribution in [0.5, 0.6) is 0 Å². The van der Waals surface area contributed by atoms with Gasteiger partial charge in [0, 0.05) is 40.7 Å². The van der Waals surface area contributed by atoms with Crippen LogP contribution < -0.4 is 0 Å². The second kappa shape index (κ2) is 8.70. The first-order chi connectivity index (χ1) is 12.9. The molecule has 0 radical (unpaired) electrons. The second-order valence-corrected chi connectivity index (χ2v) is 7.87. The first-order valence-corrected chi connectivity index (χ1v) is 9.82. The van der Waals surface area contributed by atoms with Crippen molar-refractivity contribution < 1.29 is 14.3 Å². The summed E-state index contributed by atoms with van der Waals surface area (Å²) < 4.78 is 12.9. The Labute approximate surface area is 168 Å². The van der Waals surface area contributed by atoms with E-state index in [0.29, 0.717) is 40.4 Å². The predicted octanol–water partition coefficient (Wildman–Crippen LogP) is 5.08. The molecule has 1 heterocycles. The number of carbonyl (C=O) groups is 1. The molecule has 144 valence electrons. The van der Waals surface area contributed by atoms with Crippen molar-refractivity contribution in [3.8, 4) is 0 Å². The molecular formula is C21H22Cl2FNO2. The van der Waals surface area contributed by atoms with E-state index in [1.54, 1.807) is 18.2 Å². The summed E-state index contributed by atoms with van der Waals surface area (Å²) in [5.41, 5.74) is 0.255. The van der Waals surface area contributed by atoms with Crippen LogP contribution in [0.15, 0.2) is 42.5 Å². The Hall–Kier alpha value is -1.46. The number of piperidine rings is 1. The number of rotatable bonds is 6. The van der Waals surface area contributed by atoms with E-state index in [9.17, 15) is 14.3 Å². The van der Waals surface area contributed by atoms with Crippen LogP contribution in [0, 0.1) is 5.82 Å². The fraction of sp³-hybridized carbons (Fsp3) is 0.381. The van der Waals surface area contributed by atoms with Crippen molar-refractivity contribution in [2.75, 3.05) is 19.6 Å². The van der Waals surface area contributed by atoms with Gasteiger partial charge in [-0.25, -0.2) is 4.39 Å². The zero-order chi connectivity index (χ0) is 19.4. The van der Waals surface area contributed by atoms with Gasteiger partial charge in [0.05, 0.1) is 5.60 Å². The van der Waals surface area contributed by atoms with Crippen molar-refractivity contribution in [3.63, 3.8) is 0 Å². The largest absolute Gasteiger partial charge is 0.385 e. The second-order valence-electron chi connectivity index (χ2n) is 7.03. The van der Waals surface area contributed by atoms with Gasteiger partial charge in [-0.05, 0) is 68.3 Å². The molecule has 6 heteroatoms. The molecule has 0 spiro atoms. The van der Waals surface area contributed by atoms with Gasteiger partial charge in [-0.1, -0.05) is 23.2 Å². The first kappa shape index (κ1) is 20.3. The Morgan fingerprint density at radius 3 is 2.44 bits per heavy atom. The molecule has 1 fully saturated rings. The van der Waals surface area contributed by atoms with E-state index in [0.717, 1.165) is 26.1 Å². The van der Waals surface area contributed by atoms with Crippen LogP contribution in [-0.4, -0.2) is 35.4 Å². The summed E-state index contributed by atoms with van der Waals surface area (Å²) in [6.45, 7) is 2.24. The van der Waals surface area contributed by atoms with Crippen molar-refractivity contribution in [1.29, 1.82) is 0 Å². The van der Waals surface area contributed by atoms with E-state index < -0.39 is 5.60 Å². The van der Waals surface area contributed by atoms with Gasteiger partial charge in [0.1, 0.15) is 5.82 Å². The fourth-order valence-electron chi connectivity index (χ4n) is 3.51. The third kappa shape index (κ3) is 5.08. The molecule has 2 aromatic carbocycles. The van der Waals surface area contributed by atoms with Gasteiger partial charge in [-0.3, -0.25) is 4.79 Å². The SMILES string of the molecule is O=C(CCCN1CCC(O)(c2cc(Cl)ccc2Cl)CC1)c1ccc(F)cc1. The van der Waals surface area contributed by atoms with Crippen LogP contribution in [0.1, 0.15) is 41.6 Å². The number of likely N-dealkylation sites (tertiary alicyclic amines) is 1. The molecule has 1 N–H and O–H groups in total. The summed E-state index contributed by atoms with van der Waals surface area (Å²) in [7, 11) is 0. The van der Waals surface area contributed by atoms with E-state index in [1.807, 2.05) is 0 Å². The van der Waals surface area contributed by atoms with Gasteiger partial charge in [0.15, 0.2) is 5.78 Å². The number of halogens is 3. The van der Waals surface area contributed by atoms with Crippen molar-refractivity contribution >= 4 is 29.0 Å². The minimum absolute atomic E-state index is 0.0224. The van der Waals surface area contributed by atoms with E-state index in [-0.39, 0.29) is 11.6 Å². The quantitative estimate of drug-likeness (QED) is 0.676. The molecule has 3 nitrogen and oxygen atoms in total. The smallest absolute Gasteiger partial charge is 0.162 e. The maximum Gasteiger partial charge on any atom is 0.162 e. The molecule has 0 unspecified atom stereocenters. The lowest BCUT2D eigenvalue weighted by atomic mass is 9.84. The summed E-state index contributed by atoms with van der Waals surface area (Å²) >= 11 is 12.3. The third-order valence-electron chi connectivity index (χ3n) is 5.16. The highest BCUT2D eigenvalue weighted by Gasteiger charge is 2.35. The van der Waals surface area contributed by atoms with Crippen molar-refractivity contribution in [1.82, 2.24) is 4.90 Å². The minimum Gasteiger partial charge on any atom is -0.385 e. The van der Waals surface area contributed by atoms with Crippen LogP contribution in [0.2, 0.25) is 10.0 Å². The Bertz CT molecular complexity index is 802. The zero-order valence-corrected chi connectivity index (χ0v) is 16.4. The number of hydrogen-bond donors (Lipinski definition) is 1. The molecule has 0 bridgehead atoms. The average molecular weight is 410 g/mol. The molecule has 2 aromatic rings. The number of nitrogens with zero attached hydrogens (tertiary/aromatic N) is 1. The van der Waals surface area contributed by atoms with Crippen molar-refractivity contribution in [3.05, 3.63) is 69.5 Å². The number of carbonyl (C=O) groups excluding carboxylic acids is 1. The molecule has 27 heavy (non-hydrogen) atoms. The molecule has 0 amide bonds. The van der Waals surface area contributed by atoms with E-state index in [1.165, 1.54) is 24.3 Å². The van der Waals surface area contributed by atoms with Crippen LogP contribution in [0.25, 0.3) is 0 Å². The highest BCUT2D eigenvalue weighted by Crippen LogP contribution is 2.38. The molecule has 0 aliphatic carbocycles. The molecule has 0 aromatic heterocycles. The summed E-state index contributed by atoms with van der Waals surface area (Å²) in [4.78, 5) is 14.4. The van der Waals surface area contributed by atoms with Crippen LogP contribution >= 0.6 is 23.2 Å². The number of benzene rings is 2. The maximum atomic E-state index is 12.9. The van der Waals surface area contributed by atoms with Gasteiger partial charge >= 0.3 is 0 Å². The lowest BCUT2D eigenvalue weighted by Gasteiger charge is -2.39. The first-order valence-electron chi connectivity index (χ1n) is 9.06. The van der Waals surface area contributed by atoms with Gasteiger partial charge in [-0.2, -0.15) is 0 Å². The lowest BCUT2D eigenvalue weighted by molar-refractivity contribution is -0.0259. The van der Waals surface area contributed by atoms with Crippen molar-refractivity contribution in [2.24, 2.45) is 0 Å². The molecule has 0 saturated carbocycles. The molecule has 1 aliphatic rings. The van der Waals surface area contributed by atoms with Crippen LogP contribution in [0.4, 0.5) is 4.39 Å². The number of aliphatic hydroxyl groups is 1. The highest BCUT2D eigenvalue weighted by atomic mass is 35.5. The predicted molar refractivity (Wildman–Crippen MR) is 106 cm³/mol. The topological polar surface area (TPSA) is 40.5 Å². The molecule has 1 aliphatic heterocycles. The Balaban J connectivity index is 1.49. The summed E-state index contributed by atoms with van der Waals surface area (Å²) in [5.74, 6) is -0.318. The summed E-state index contributed by atoms with van der Waals surface area (Å²) in [6.07, 6.45) is 2.29. The van der Waals surface area contributed by atoms with Crippen molar-refractivity contribution in [2.45, 2.75) is 31.3 Å². The molecule has 3 rings (SSSR count). The Morgan fingerprint density at radius 2 is 1.78 bits per heavy atom. The third-order valence-corrected chi connectivity index (χ3v) is 5.72. The zero-order valence-electron chi connectivity index (χ0n) is 14.9. The monoisotopic (exact) mass is 409 g/mol. The van der Waals surface area contributed by atoms with Gasteiger partial charge in [-0.15, -0.1) is 0 Å². The van der Waals surface area contributed by atoms with Crippen LogP contribution in [-0.2, 0) is 5.60 Å². The summed E-state index contributed by atoms with van der Waals surface area (Å²) in [5, 5.41) is 12.1. The summed E-state index contributed by atoms with van der Waals surface area (Å²) in [6, 6.07) is 10.8. The average Bonchev–Trinajstić information content (AvgIpc) is 2.66. The van der Waals surface area contributed by atoms with E-state index >= 15 is 0 Å². The van der Waals surface area contributed by atoms with Gasteiger partial charge in [0.2, 0.25) is 0 Å². The van der Waals surface area contributed by atoms with Gasteiger partial charge < -0.3 is 10.0 Å². The lowest BCUT2D eigenvalue weighted by Crippen LogP contribution is -2.43. The molecule has 0 atom stereocenters. The number of hydrogen-bond acceptors (Lipinski definition) is 3. The fourth-order valence-corrected chi connectivity index (χ4v) is 3.98. The highest BCUT2D eigenvalue weighted by molar-refractivity contribution is 6.33. The molecular weight excluding hydrogens is 388 g/mol. The van der Waals surface area contributed by atoms with Gasteiger partial charge in [0.25, 0.3) is 0 Å². The standard InChI is InChI=1S/C21H22Cl2FNO2/c22-16-5-8-19(23)18(14-16)21(27)9-12-25(13-10-21)11-1-2-20(26)15-3-6-17(24)7-4-15/h3-8,14,27H,1-2,9-13H2. The number of ketones is 1. The minimum atomic E-state index is -0.970. The number of Topliss-reactive ketones (excluding diaryl/α,β-unsaturated/α-hetero) is 1. The van der Waals surface area contributed by atoms with E-state index in [4.69, 9.17) is 23.2 Å². The Kier molecular flexibility index (Phi) is 6.53. The maximum absolute atomic E-state index is 12.9.